The predicted molar refractivity (Wildman–Crippen MR) is 94.4 cm³/mol. The quantitative estimate of drug-likeness (QED) is 0.630. The second kappa shape index (κ2) is 6.46. The van der Waals surface area contributed by atoms with Crippen LogP contribution in [0.2, 0.25) is 0 Å². The molecule has 1 fully saturated rings. The van der Waals surface area contributed by atoms with Crippen molar-refractivity contribution in [2.24, 2.45) is 0 Å². The fourth-order valence-electron chi connectivity index (χ4n) is 3.83. The summed E-state index contributed by atoms with van der Waals surface area (Å²) in [6.45, 7) is 3.34. The number of para-hydroxylation sites is 2. The van der Waals surface area contributed by atoms with Crippen LogP contribution in [0.15, 0.2) is 42.5 Å². The molecule has 2 aliphatic rings. The van der Waals surface area contributed by atoms with Gasteiger partial charge in [-0.05, 0) is 38.1 Å². The standard InChI is InChI=1S/C19H19NO3.ClH/c1-13(21)22-17-8-4-6-15-18(17)23-16-7-3-2-5-14(16)19(15)9-11-20-12-10-19;/h2-8,20H,9-12H2,1H3;1H. The van der Waals surface area contributed by atoms with E-state index < -0.39 is 0 Å². The first-order valence-corrected chi connectivity index (χ1v) is 8.01. The van der Waals surface area contributed by atoms with E-state index in [9.17, 15) is 4.79 Å². The van der Waals surface area contributed by atoms with Crippen LogP contribution in [0.25, 0.3) is 0 Å². The number of esters is 1. The first-order chi connectivity index (χ1) is 11.2. The average molecular weight is 346 g/mol. The van der Waals surface area contributed by atoms with Gasteiger partial charge in [-0.1, -0.05) is 30.3 Å². The summed E-state index contributed by atoms with van der Waals surface area (Å²) in [7, 11) is 0. The number of benzene rings is 2. The molecule has 24 heavy (non-hydrogen) atoms. The molecule has 0 aromatic heterocycles. The molecule has 5 heteroatoms. The van der Waals surface area contributed by atoms with Crippen molar-refractivity contribution in [3.63, 3.8) is 0 Å². The Morgan fingerprint density at radius 1 is 1.08 bits per heavy atom. The second-order valence-corrected chi connectivity index (χ2v) is 6.16. The maximum absolute atomic E-state index is 11.4. The van der Waals surface area contributed by atoms with Crippen LogP contribution in [-0.4, -0.2) is 19.1 Å². The second-order valence-electron chi connectivity index (χ2n) is 6.16. The van der Waals surface area contributed by atoms with Crippen LogP contribution in [0.1, 0.15) is 30.9 Å². The van der Waals surface area contributed by atoms with Gasteiger partial charge in [-0.3, -0.25) is 4.79 Å². The minimum absolute atomic E-state index is 0. The molecule has 4 nitrogen and oxygen atoms in total. The molecule has 0 amide bonds. The van der Waals surface area contributed by atoms with Crippen molar-refractivity contribution in [2.45, 2.75) is 25.2 Å². The Bertz CT molecular complexity index is 769. The molecule has 1 saturated heterocycles. The number of rotatable bonds is 1. The first-order valence-electron chi connectivity index (χ1n) is 8.01. The van der Waals surface area contributed by atoms with Gasteiger partial charge in [0.05, 0.1) is 0 Å². The van der Waals surface area contributed by atoms with Crippen LogP contribution in [-0.2, 0) is 10.2 Å². The van der Waals surface area contributed by atoms with Gasteiger partial charge in [-0.15, -0.1) is 12.4 Å². The van der Waals surface area contributed by atoms with E-state index in [1.807, 2.05) is 18.2 Å². The molecule has 2 aromatic rings. The Hall–Kier alpha value is -2.04. The largest absolute Gasteiger partial charge is 0.453 e. The van der Waals surface area contributed by atoms with Gasteiger partial charge in [0.25, 0.3) is 0 Å². The van der Waals surface area contributed by atoms with Crippen LogP contribution in [0, 0.1) is 0 Å². The lowest BCUT2D eigenvalue weighted by Gasteiger charge is -2.43. The zero-order valence-electron chi connectivity index (χ0n) is 13.5. The lowest BCUT2D eigenvalue weighted by molar-refractivity contribution is -0.132. The molecule has 1 spiro atoms. The van der Waals surface area contributed by atoms with Crippen molar-refractivity contribution >= 4 is 18.4 Å². The smallest absolute Gasteiger partial charge is 0.308 e. The van der Waals surface area contributed by atoms with E-state index in [0.29, 0.717) is 11.5 Å². The monoisotopic (exact) mass is 345 g/mol. The van der Waals surface area contributed by atoms with Crippen molar-refractivity contribution in [2.75, 3.05) is 13.1 Å². The van der Waals surface area contributed by atoms with Crippen LogP contribution in [0.4, 0.5) is 0 Å². The van der Waals surface area contributed by atoms with Crippen LogP contribution in [0.3, 0.4) is 0 Å². The Labute approximate surface area is 147 Å². The highest BCUT2D eigenvalue weighted by molar-refractivity contribution is 5.85. The summed E-state index contributed by atoms with van der Waals surface area (Å²) in [6, 6.07) is 14.0. The minimum Gasteiger partial charge on any atom is -0.453 e. The SMILES string of the molecule is CC(=O)Oc1cccc2c1Oc1ccccc1C21CCNCC1.Cl. The van der Waals surface area contributed by atoms with Gasteiger partial charge in [-0.25, -0.2) is 0 Å². The normalized spacial score (nSPS) is 17.0. The summed E-state index contributed by atoms with van der Waals surface area (Å²) in [5, 5.41) is 3.44. The Morgan fingerprint density at radius 2 is 1.79 bits per heavy atom. The third kappa shape index (κ3) is 2.56. The molecular formula is C19H20ClNO3. The molecular weight excluding hydrogens is 326 g/mol. The van der Waals surface area contributed by atoms with Crippen molar-refractivity contribution in [1.82, 2.24) is 5.32 Å². The highest BCUT2D eigenvalue weighted by Crippen LogP contribution is 2.54. The van der Waals surface area contributed by atoms with E-state index >= 15 is 0 Å². The lowest BCUT2D eigenvalue weighted by Crippen LogP contribution is -2.42. The third-order valence-electron chi connectivity index (χ3n) is 4.82. The van der Waals surface area contributed by atoms with E-state index in [1.54, 1.807) is 6.07 Å². The number of hydrogen-bond acceptors (Lipinski definition) is 4. The van der Waals surface area contributed by atoms with Crippen molar-refractivity contribution in [3.05, 3.63) is 53.6 Å². The Kier molecular flexibility index (Phi) is 4.52. The Morgan fingerprint density at radius 3 is 2.54 bits per heavy atom. The fourth-order valence-corrected chi connectivity index (χ4v) is 3.83. The molecule has 4 rings (SSSR count). The van der Waals surface area contributed by atoms with Crippen LogP contribution < -0.4 is 14.8 Å². The molecule has 1 N–H and O–H groups in total. The van der Waals surface area contributed by atoms with Gasteiger partial charge in [0.15, 0.2) is 11.5 Å². The summed E-state index contributed by atoms with van der Waals surface area (Å²) in [5.74, 6) is 1.72. The highest BCUT2D eigenvalue weighted by Gasteiger charge is 2.43. The molecule has 0 aliphatic carbocycles. The van der Waals surface area contributed by atoms with Gasteiger partial charge in [0.2, 0.25) is 0 Å². The van der Waals surface area contributed by atoms with Gasteiger partial charge in [-0.2, -0.15) is 0 Å². The summed E-state index contributed by atoms with van der Waals surface area (Å²) in [6.07, 6.45) is 2.01. The van der Waals surface area contributed by atoms with Gasteiger partial charge in [0, 0.05) is 23.5 Å². The zero-order chi connectivity index (χ0) is 15.9. The maximum atomic E-state index is 11.4. The molecule has 0 bridgehead atoms. The lowest BCUT2D eigenvalue weighted by atomic mass is 9.66. The molecule has 2 aromatic carbocycles. The molecule has 0 atom stereocenters. The average Bonchev–Trinajstić information content (AvgIpc) is 2.57. The van der Waals surface area contributed by atoms with Gasteiger partial charge in [0.1, 0.15) is 5.75 Å². The van der Waals surface area contributed by atoms with E-state index in [0.717, 1.165) is 37.2 Å². The number of ether oxygens (including phenoxy) is 2. The number of halogens is 1. The van der Waals surface area contributed by atoms with E-state index in [-0.39, 0.29) is 23.8 Å². The number of nitrogens with one attached hydrogen (secondary N) is 1. The number of carbonyl (C=O) groups is 1. The third-order valence-corrected chi connectivity index (χ3v) is 4.82. The fraction of sp³-hybridized carbons (Fsp3) is 0.316. The van der Waals surface area contributed by atoms with Crippen molar-refractivity contribution in [1.29, 1.82) is 0 Å². The minimum atomic E-state index is -0.333. The molecule has 2 heterocycles. The van der Waals surface area contributed by atoms with E-state index in [4.69, 9.17) is 9.47 Å². The first kappa shape index (κ1) is 16.8. The van der Waals surface area contributed by atoms with Gasteiger partial charge >= 0.3 is 5.97 Å². The predicted octanol–water partition coefficient (Wildman–Crippen LogP) is 3.81. The number of hydrogen-bond donors (Lipinski definition) is 1. The summed E-state index contributed by atoms with van der Waals surface area (Å²) in [4.78, 5) is 11.4. The number of fused-ring (bicyclic) bond motifs is 4. The zero-order valence-corrected chi connectivity index (χ0v) is 14.3. The van der Waals surface area contributed by atoms with Crippen LogP contribution >= 0.6 is 12.4 Å². The summed E-state index contributed by atoms with van der Waals surface area (Å²) in [5.41, 5.74) is 2.27. The highest BCUT2D eigenvalue weighted by atomic mass is 35.5. The van der Waals surface area contributed by atoms with Crippen molar-refractivity contribution < 1.29 is 14.3 Å². The molecule has 0 radical (unpaired) electrons. The van der Waals surface area contributed by atoms with E-state index in [2.05, 4.69) is 23.5 Å². The molecule has 2 aliphatic heterocycles. The van der Waals surface area contributed by atoms with Crippen LogP contribution in [0.5, 0.6) is 17.2 Å². The molecule has 126 valence electrons. The Balaban J connectivity index is 0.00000169. The maximum Gasteiger partial charge on any atom is 0.308 e. The summed E-state index contributed by atoms with van der Waals surface area (Å²) < 4.78 is 11.5. The summed E-state index contributed by atoms with van der Waals surface area (Å²) >= 11 is 0. The molecule has 0 saturated carbocycles. The van der Waals surface area contributed by atoms with E-state index in [1.165, 1.54) is 12.5 Å². The number of carbonyl (C=O) groups excluding carboxylic acids is 1. The topological polar surface area (TPSA) is 47.6 Å². The van der Waals surface area contributed by atoms with Crippen molar-refractivity contribution in [3.8, 4) is 17.2 Å². The van der Waals surface area contributed by atoms with Gasteiger partial charge < -0.3 is 14.8 Å². The number of piperidine rings is 1. The molecule has 0 unspecified atom stereocenters.